The smallest absolute Gasteiger partial charge is 0.323 e. The molecule has 0 N–H and O–H groups in total. The fourth-order valence-corrected chi connectivity index (χ4v) is 3.78. The van der Waals surface area contributed by atoms with Gasteiger partial charge in [-0.3, -0.25) is 9.59 Å². The summed E-state index contributed by atoms with van der Waals surface area (Å²) in [6.07, 6.45) is 17.5. The van der Waals surface area contributed by atoms with Crippen molar-refractivity contribution in [2.75, 3.05) is 13.2 Å². The van der Waals surface area contributed by atoms with Gasteiger partial charge < -0.3 is 9.47 Å². The first kappa shape index (κ1) is 27.7. The summed E-state index contributed by atoms with van der Waals surface area (Å²) >= 11 is 0. The molecule has 0 saturated carbocycles. The molecule has 0 spiro atoms. The predicted octanol–water partition coefficient (Wildman–Crippen LogP) is 7.16. The Labute approximate surface area is 179 Å². The van der Waals surface area contributed by atoms with Crippen molar-refractivity contribution in [3.8, 4) is 0 Å². The molecule has 4 nitrogen and oxygen atoms in total. The third-order valence-electron chi connectivity index (χ3n) is 5.55. The highest BCUT2D eigenvalue weighted by molar-refractivity contribution is 6.00. The average Bonchev–Trinajstić information content (AvgIpc) is 2.71. The van der Waals surface area contributed by atoms with Crippen LogP contribution >= 0.6 is 0 Å². The third-order valence-corrected chi connectivity index (χ3v) is 5.55. The first-order valence-electron chi connectivity index (χ1n) is 12.0. The zero-order chi connectivity index (χ0) is 21.8. The number of allylic oxidation sites excluding steroid dienone is 1. The number of hydrogen-bond donors (Lipinski definition) is 0. The monoisotopic (exact) mass is 410 g/mol. The minimum absolute atomic E-state index is 0.292. The Morgan fingerprint density at radius 1 is 0.690 bits per heavy atom. The van der Waals surface area contributed by atoms with Crippen LogP contribution in [0, 0.1) is 5.41 Å². The van der Waals surface area contributed by atoms with E-state index in [1.165, 1.54) is 38.5 Å². The number of rotatable bonds is 20. The van der Waals surface area contributed by atoms with Crippen LogP contribution < -0.4 is 0 Å². The lowest BCUT2D eigenvalue weighted by molar-refractivity contribution is -0.173. The standard InChI is InChI=1S/C25H46O4/c1-5-9-11-13-14-15-16-18-20-22-25(23(26)28-7-3,24(27)29-8-4)21-19-17-12-10-6-2/h5H,1,6-22H2,2-4H3. The van der Waals surface area contributed by atoms with Crippen LogP contribution in [0.25, 0.3) is 0 Å². The van der Waals surface area contributed by atoms with Gasteiger partial charge in [-0.1, -0.05) is 83.6 Å². The van der Waals surface area contributed by atoms with Crippen molar-refractivity contribution in [1.82, 2.24) is 0 Å². The van der Waals surface area contributed by atoms with Gasteiger partial charge in [-0.15, -0.1) is 6.58 Å². The lowest BCUT2D eigenvalue weighted by Gasteiger charge is -2.29. The van der Waals surface area contributed by atoms with Gasteiger partial charge in [-0.05, 0) is 39.5 Å². The van der Waals surface area contributed by atoms with Crippen molar-refractivity contribution >= 4 is 11.9 Å². The van der Waals surface area contributed by atoms with Crippen LogP contribution in [0.3, 0.4) is 0 Å². The minimum atomic E-state index is -1.12. The number of ether oxygens (including phenoxy) is 2. The summed E-state index contributed by atoms with van der Waals surface area (Å²) in [7, 11) is 0. The molecule has 0 aliphatic rings. The molecular weight excluding hydrogens is 364 g/mol. The van der Waals surface area contributed by atoms with E-state index >= 15 is 0 Å². The van der Waals surface area contributed by atoms with E-state index in [2.05, 4.69) is 13.5 Å². The molecule has 0 saturated heterocycles. The molecule has 0 radical (unpaired) electrons. The van der Waals surface area contributed by atoms with Crippen LogP contribution in [0.2, 0.25) is 0 Å². The van der Waals surface area contributed by atoms with E-state index in [0.717, 1.165) is 44.9 Å². The van der Waals surface area contributed by atoms with E-state index in [1.807, 2.05) is 6.08 Å². The maximum atomic E-state index is 12.8. The Kier molecular flexibility index (Phi) is 17.8. The second kappa shape index (κ2) is 18.7. The summed E-state index contributed by atoms with van der Waals surface area (Å²) in [6.45, 7) is 10.1. The summed E-state index contributed by atoms with van der Waals surface area (Å²) in [5.41, 5.74) is -1.12. The first-order chi connectivity index (χ1) is 14.1. The maximum absolute atomic E-state index is 12.8. The number of carbonyl (C=O) groups is 2. The van der Waals surface area contributed by atoms with Gasteiger partial charge in [-0.25, -0.2) is 0 Å². The highest BCUT2D eigenvalue weighted by atomic mass is 16.6. The summed E-state index contributed by atoms with van der Waals surface area (Å²) in [5, 5.41) is 0. The largest absolute Gasteiger partial charge is 0.465 e. The van der Waals surface area contributed by atoms with Gasteiger partial charge in [-0.2, -0.15) is 0 Å². The molecule has 4 heteroatoms. The van der Waals surface area contributed by atoms with E-state index in [1.54, 1.807) is 13.8 Å². The van der Waals surface area contributed by atoms with Crippen molar-refractivity contribution in [3.63, 3.8) is 0 Å². The molecule has 0 aromatic carbocycles. The summed E-state index contributed by atoms with van der Waals surface area (Å²) in [6, 6.07) is 0. The Morgan fingerprint density at radius 2 is 1.10 bits per heavy atom. The van der Waals surface area contributed by atoms with E-state index in [0.29, 0.717) is 26.1 Å². The number of carbonyl (C=O) groups excluding carboxylic acids is 2. The maximum Gasteiger partial charge on any atom is 0.323 e. The molecule has 170 valence electrons. The second-order valence-electron chi connectivity index (χ2n) is 7.99. The molecule has 0 aromatic heterocycles. The number of esters is 2. The Bertz CT molecular complexity index is 413. The third kappa shape index (κ3) is 12.1. The van der Waals surface area contributed by atoms with Crippen LogP contribution in [-0.2, 0) is 19.1 Å². The van der Waals surface area contributed by atoms with Gasteiger partial charge in [0.2, 0.25) is 0 Å². The van der Waals surface area contributed by atoms with Crippen LogP contribution in [0.4, 0.5) is 0 Å². The molecule has 0 aliphatic heterocycles. The summed E-state index contributed by atoms with van der Waals surface area (Å²) in [5.74, 6) is -0.781. The van der Waals surface area contributed by atoms with Gasteiger partial charge >= 0.3 is 11.9 Å². The average molecular weight is 411 g/mol. The highest BCUT2D eigenvalue weighted by Crippen LogP contribution is 2.35. The van der Waals surface area contributed by atoms with Gasteiger partial charge in [0.25, 0.3) is 0 Å². The van der Waals surface area contributed by atoms with Gasteiger partial charge in [0.1, 0.15) is 0 Å². The normalized spacial score (nSPS) is 11.3. The van der Waals surface area contributed by atoms with E-state index in [-0.39, 0.29) is 0 Å². The molecule has 0 amide bonds. The SMILES string of the molecule is C=CCCCCCCCCCC(CCCCCCC)(C(=O)OCC)C(=O)OCC. The topological polar surface area (TPSA) is 52.6 Å². The zero-order valence-corrected chi connectivity index (χ0v) is 19.4. The van der Waals surface area contributed by atoms with Gasteiger partial charge in [0.15, 0.2) is 5.41 Å². The molecular formula is C25H46O4. The molecule has 0 rings (SSSR count). The molecule has 0 aliphatic carbocycles. The zero-order valence-electron chi connectivity index (χ0n) is 19.4. The first-order valence-corrected chi connectivity index (χ1v) is 12.0. The van der Waals surface area contributed by atoms with Crippen LogP contribution in [0.5, 0.6) is 0 Å². The molecule has 0 unspecified atom stereocenters. The predicted molar refractivity (Wildman–Crippen MR) is 121 cm³/mol. The second-order valence-corrected chi connectivity index (χ2v) is 7.99. The Hall–Kier alpha value is -1.32. The lowest BCUT2D eigenvalue weighted by atomic mass is 9.77. The van der Waals surface area contributed by atoms with Crippen molar-refractivity contribution in [2.24, 2.45) is 5.41 Å². The number of unbranched alkanes of at least 4 members (excludes halogenated alkanes) is 11. The van der Waals surface area contributed by atoms with Crippen molar-refractivity contribution in [1.29, 1.82) is 0 Å². The molecule has 0 atom stereocenters. The van der Waals surface area contributed by atoms with E-state index in [4.69, 9.17) is 9.47 Å². The van der Waals surface area contributed by atoms with Crippen LogP contribution in [0.1, 0.15) is 117 Å². The van der Waals surface area contributed by atoms with Crippen molar-refractivity contribution in [2.45, 2.75) is 117 Å². The molecule has 0 aromatic rings. The van der Waals surface area contributed by atoms with Crippen molar-refractivity contribution < 1.29 is 19.1 Å². The number of hydrogen-bond acceptors (Lipinski definition) is 4. The summed E-state index contributed by atoms with van der Waals surface area (Å²) < 4.78 is 10.7. The Morgan fingerprint density at radius 3 is 1.52 bits per heavy atom. The van der Waals surface area contributed by atoms with Crippen LogP contribution in [0.15, 0.2) is 12.7 Å². The fourth-order valence-electron chi connectivity index (χ4n) is 3.78. The molecule has 0 bridgehead atoms. The van der Waals surface area contributed by atoms with Gasteiger partial charge in [0.05, 0.1) is 13.2 Å². The fraction of sp³-hybridized carbons (Fsp3) is 0.840. The lowest BCUT2D eigenvalue weighted by Crippen LogP contribution is -2.42. The van der Waals surface area contributed by atoms with E-state index < -0.39 is 17.4 Å². The van der Waals surface area contributed by atoms with Crippen LogP contribution in [-0.4, -0.2) is 25.2 Å². The molecule has 0 fully saturated rings. The van der Waals surface area contributed by atoms with Crippen molar-refractivity contribution in [3.05, 3.63) is 12.7 Å². The Balaban J connectivity index is 4.74. The quantitative estimate of drug-likeness (QED) is 0.0925. The van der Waals surface area contributed by atoms with E-state index in [9.17, 15) is 9.59 Å². The minimum Gasteiger partial charge on any atom is -0.465 e. The molecule has 29 heavy (non-hydrogen) atoms. The summed E-state index contributed by atoms with van der Waals surface area (Å²) in [4.78, 5) is 25.7. The highest BCUT2D eigenvalue weighted by Gasteiger charge is 2.47. The van der Waals surface area contributed by atoms with Gasteiger partial charge in [0, 0.05) is 0 Å². The molecule has 0 heterocycles.